The minimum Gasteiger partial charge on any atom is -0.479 e. The zero-order valence-electron chi connectivity index (χ0n) is 26.2. The van der Waals surface area contributed by atoms with Gasteiger partial charge in [-0.1, -0.05) is 32.1 Å². The normalized spacial score (nSPS) is 18.2. The van der Waals surface area contributed by atoms with Crippen LogP contribution >= 0.6 is 0 Å². The van der Waals surface area contributed by atoms with Crippen molar-refractivity contribution in [1.82, 2.24) is 39.8 Å². The molecule has 0 spiro atoms. The maximum Gasteiger partial charge on any atom is 0.410 e. The number of aromatic amines is 1. The number of nitrogens with one attached hydrogen (secondary N) is 2. The van der Waals surface area contributed by atoms with Gasteiger partial charge in [-0.3, -0.25) is 14.4 Å². The number of nitrogens with zero attached hydrogens (tertiary/aromatic N) is 6. The van der Waals surface area contributed by atoms with Crippen LogP contribution in [-0.4, -0.2) is 85.4 Å². The summed E-state index contributed by atoms with van der Waals surface area (Å²) in [5.41, 5.74) is 2.34. The number of carbonyl (C=O) groups is 2. The highest BCUT2D eigenvalue weighted by Crippen LogP contribution is 2.34. The Hall–Kier alpha value is -3.67. The third-order valence-electron chi connectivity index (χ3n) is 8.37. The van der Waals surface area contributed by atoms with Crippen LogP contribution < -0.4 is 10.1 Å². The van der Waals surface area contributed by atoms with Crippen molar-refractivity contribution in [2.75, 3.05) is 33.3 Å². The van der Waals surface area contributed by atoms with Crippen molar-refractivity contribution < 1.29 is 19.1 Å². The van der Waals surface area contributed by atoms with Crippen molar-refractivity contribution in [1.29, 1.82) is 0 Å². The fraction of sp³-hybridized carbons (Fsp3) is 0.645. The molecule has 0 bridgehead atoms. The molecular formula is C31H46N8O4. The molecule has 0 aromatic carbocycles. The lowest BCUT2D eigenvalue weighted by molar-refractivity contribution is 0.0138. The lowest BCUT2D eigenvalue weighted by atomic mass is 9.85. The average molecular weight is 595 g/mol. The molecule has 1 saturated carbocycles. The van der Waals surface area contributed by atoms with Gasteiger partial charge in [-0.05, 0) is 51.7 Å². The van der Waals surface area contributed by atoms with E-state index in [2.05, 4.69) is 20.3 Å². The molecule has 3 aromatic rings. The predicted molar refractivity (Wildman–Crippen MR) is 163 cm³/mol. The Balaban J connectivity index is 1.35. The van der Waals surface area contributed by atoms with Crippen LogP contribution in [0.15, 0.2) is 18.3 Å². The molecule has 2 aliphatic rings. The molecule has 234 valence electrons. The quantitative estimate of drug-likeness (QED) is 0.406. The lowest BCUT2D eigenvalue weighted by Gasteiger charge is -2.35. The maximum atomic E-state index is 13.4. The number of pyridine rings is 1. The Morgan fingerprint density at radius 2 is 1.77 bits per heavy atom. The first-order valence-electron chi connectivity index (χ1n) is 15.5. The molecule has 5 rings (SSSR count). The second kappa shape index (κ2) is 13.3. The second-order valence-corrected chi connectivity index (χ2v) is 12.8. The van der Waals surface area contributed by atoms with Gasteiger partial charge in [-0.2, -0.15) is 5.10 Å². The van der Waals surface area contributed by atoms with Gasteiger partial charge in [0.2, 0.25) is 5.88 Å². The van der Waals surface area contributed by atoms with Crippen LogP contribution in [0.5, 0.6) is 5.88 Å². The first-order valence-corrected chi connectivity index (χ1v) is 15.5. The smallest absolute Gasteiger partial charge is 0.410 e. The van der Waals surface area contributed by atoms with Gasteiger partial charge in [0.1, 0.15) is 17.1 Å². The van der Waals surface area contributed by atoms with E-state index in [9.17, 15) is 9.59 Å². The van der Waals surface area contributed by atoms with Crippen molar-refractivity contribution in [3.8, 4) is 5.88 Å². The summed E-state index contributed by atoms with van der Waals surface area (Å²) in [4.78, 5) is 43.2. The van der Waals surface area contributed by atoms with E-state index in [-0.39, 0.29) is 24.0 Å². The summed E-state index contributed by atoms with van der Waals surface area (Å²) in [7, 11) is 3.38. The number of carbonyl (C=O) groups excluding carboxylic acids is 2. The van der Waals surface area contributed by atoms with Gasteiger partial charge >= 0.3 is 6.09 Å². The molecular weight excluding hydrogens is 548 g/mol. The fourth-order valence-electron chi connectivity index (χ4n) is 6.11. The Labute approximate surface area is 253 Å². The lowest BCUT2D eigenvalue weighted by Crippen LogP contribution is -2.49. The maximum absolute atomic E-state index is 13.4. The molecule has 1 atom stereocenters. The number of amides is 2. The third kappa shape index (κ3) is 7.65. The van der Waals surface area contributed by atoms with Crippen molar-refractivity contribution in [2.24, 2.45) is 13.0 Å². The molecule has 1 saturated heterocycles. The molecule has 1 unspecified atom stereocenters. The zero-order chi connectivity index (χ0) is 30.6. The van der Waals surface area contributed by atoms with Gasteiger partial charge in [-0.25, -0.2) is 14.8 Å². The SMILES string of the molecule is COc1nc(CN2CCN(C(=O)OC(C)(C)C)CC2)cc2[nH]c(C(NC(=O)c3ccnn3C)C3CCCCCCC3)nc12. The summed E-state index contributed by atoms with van der Waals surface area (Å²) in [6.45, 7) is 8.90. The fourth-order valence-corrected chi connectivity index (χ4v) is 6.11. The van der Waals surface area contributed by atoms with E-state index < -0.39 is 5.60 Å². The average Bonchev–Trinajstić information content (AvgIpc) is 3.57. The minimum atomic E-state index is -0.511. The summed E-state index contributed by atoms with van der Waals surface area (Å²) in [6.07, 6.45) is 9.40. The number of hydrogen-bond donors (Lipinski definition) is 2. The Kier molecular flexibility index (Phi) is 9.53. The highest BCUT2D eigenvalue weighted by molar-refractivity contribution is 5.92. The highest BCUT2D eigenvalue weighted by atomic mass is 16.6. The van der Waals surface area contributed by atoms with Crippen LogP contribution in [0.4, 0.5) is 4.79 Å². The number of ether oxygens (including phenoxy) is 2. The topological polar surface area (TPSA) is 130 Å². The summed E-state index contributed by atoms with van der Waals surface area (Å²) in [5.74, 6) is 1.28. The van der Waals surface area contributed by atoms with Crippen molar-refractivity contribution in [3.63, 3.8) is 0 Å². The molecule has 12 nitrogen and oxygen atoms in total. The molecule has 12 heteroatoms. The third-order valence-corrected chi connectivity index (χ3v) is 8.37. The van der Waals surface area contributed by atoms with Crippen LogP contribution in [0.3, 0.4) is 0 Å². The van der Waals surface area contributed by atoms with Gasteiger partial charge < -0.3 is 24.7 Å². The molecule has 1 aliphatic carbocycles. The Bertz CT molecular complexity index is 1390. The number of H-pyrrole nitrogens is 1. The highest BCUT2D eigenvalue weighted by Gasteiger charge is 2.30. The van der Waals surface area contributed by atoms with Gasteiger partial charge in [0, 0.05) is 46.0 Å². The molecule has 2 N–H and O–H groups in total. The van der Waals surface area contributed by atoms with E-state index in [0.29, 0.717) is 36.7 Å². The molecule has 2 amide bonds. The second-order valence-electron chi connectivity index (χ2n) is 12.8. The number of rotatable bonds is 7. The number of aryl methyl sites for hydroxylation is 1. The summed E-state index contributed by atoms with van der Waals surface area (Å²) in [6, 6.07) is 3.48. The van der Waals surface area contributed by atoms with E-state index in [1.807, 2.05) is 26.8 Å². The molecule has 4 heterocycles. The van der Waals surface area contributed by atoms with Gasteiger partial charge in [0.05, 0.1) is 24.4 Å². The van der Waals surface area contributed by atoms with E-state index in [4.69, 9.17) is 19.4 Å². The summed E-state index contributed by atoms with van der Waals surface area (Å²) < 4.78 is 12.8. The van der Waals surface area contributed by atoms with Gasteiger partial charge in [0.25, 0.3) is 5.91 Å². The standard InChI is InChI=1S/C31H46N8O4/c1-31(2,3)43-30(41)39-17-15-38(16-18-39)20-22-19-23-26(29(33-22)42-5)35-27(34-23)25(21-11-9-7-6-8-10-12-21)36-28(40)24-13-14-32-37(24)4/h13-14,19,21,25H,6-12,15-18,20H2,1-5H3,(H,34,35)(H,36,40). The van der Waals surface area contributed by atoms with Crippen LogP contribution in [0.2, 0.25) is 0 Å². The first kappa shape index (κ1) is 30.8. The number of piperazine rings is 1. The summed E-state index contributed by atoms with van der Waals surface area (Å²) in [5, 5.41) is 7.47. The van der Waals surface area contributed by atoms with E-state index >= 15 is 0 Å². The molecule has 0 radical (unpaired) electrons. The number of hydrogen-bond acceptors (Lipinski definition) is 8. The van der Waals surface area contributed by atoms with Crippen LogP contribution in [-0.2, 0) is 18.3 Å². The van der Waals surface area contributed by atoms with E-state index in [1.165, 1.54) is 19.3 Å². The van der Waals surface area contributed by atoms with E-state index in [0.717, 1.165) is 55.8 Å². The molecule has 43 heavy (non-hydrogen) atoms. The van der Waals surface area contributed by atoms with Crippen LogP contribution in [0, 0.1) is 5.92 Å². The van der Waals surface area contributed by atoms with Crippen molar-refractivity contribution >= 4 is 23.0 Å². The van der Waals surface area contributed by atoms with Crippen molar-refractivity contribution in [2.45, 2.75) is 83.9 Å². The number of fused-ring (bicyclic) bond motifs is 1. The summed E-state index contributed by atoms with van der Waals surface area (Å²) >= 11 is 0. The monoisotopic (exact) mass is 594 g/mol. The van der Waals surface area contributed by atoms with Gasteiger partial charge in [-0.15, -0.1) is 0 Å². The Morgan fingerprint density at radius 1 is 1.07 bits per heavy atom. The van der Waals surface area contributed by atoms with Crippen LogP contribution in [0.25, 0.3) is 11.0 Å². The Morgan fingerprint density at radius 3 is 2.40 bits per heavy atom. The number of aromatic nitrogens is 5. The van der Waals surface area contributed by atoms with Crippen molar-refractivity contribution in [3.05, 3.63) is 35.5 Å². The largest absolute Gasteiger partial charge is 0.479 e. The predicted octanol–water partition coefficient (Wildman–Crippen LogP) is 4.58. The first-order chi connectivity index (χ1) is 20.6. The van der Waals surface area contributed by atoms with Gasteiger partial charge in [0.15, 0.2) is 5.52 Å². The minimum absolute atomic E-state index is 0.163. The zero-order valence-corrected chi connectivity index (χ0v) is 26.2. The molecule has 3 aromatic heterocycles. The number of imidazole rings is 1. The molecule has 2 fully saturated rings. The molecule has 1 aliphatic heterocycles. The van der Waals surface area contributed by atoms with Crippen LogP contribution in [0.1, 0.15) is 93.8 Å². The van der Waals surface area contributed by atoms with E-state index in [1.54, 1.807) is 36.0 Å². The number of methoxy groups -OCH3 is 1.